The molecule has 2 rings (SSSR count). The van der Waals surface area contributed by atoms with Gasteiger partial charge in [0.15, 0.2) is 0 Å². The fourth-order valence-electron chi connectivity index (χ4n) is 1.28. The molecule has 0 aromatic heterocycles. The molecule has 0 saturated carbocycles. The third-order valence-electron chi connectivity index (χ3n) is 1.82. The predicted octanol–water partition coefficient (Wildman–Crippen LogP) is 1.67. The Hall–Kier alpha value is -0.980. The van der Waals surface area contributed by atoms with Crippen LogP contribution in [0.3, 0.4) is 0 Å². The van der Waals surface area contributed by atoms with E-state index in [1.165, 1.54) is 18.4 Å². The molecule has 1 nitrogen and oxygen atoms in total. The van der Waals surface area contributed by atoms with Gasteiger partial charge < -0.3 is 0 Å². The lowest BCUT2D eigenvalue weighted by Gasteiger charge is -2.13. The molecule has 0 fully saturated rings. The topological polar surface area (TPSA) is 14.1 Å². The van der Waals surface area contributed by atoms with Crippen molar-refractivity contribution in [2.45, 2.75) is 12.8 Å². The van der Waals surface area contributed by atoms with E-state index in [2.05, 4.69) is 17.4 Å². The van der Waals surface area contributed by atoms with Gasteiger partial charge in [0.2, 0.25) is 0 Å². The van der Waals surface area contributed by atoms with Crippen LogP contribution < -0.4 is 5.32 Å². The molecule has 10 heavy (non-hydrogen) atoms. The van der Waals surface area contributed by atoms with Crippen LogP contribution in [0.4, 0.5) is 5.69 Å². The van der Waals surface area contributed by atoms with E-state index in [1.54, 1.807) is 0 Å². The molecule has 0 bridgehead atoms. The summed E-state index contributed by atoms with van der Waals surface area (Å²) < 4.78 is 0. The molecule has 0 atom stereocenters. The molecule has 0 aliphatic carbocycles. The van der Waals surface area contributed by atoms with E-state index < -0.39 is 0 Å². The smallest absolute Gasteiger partial charge is 0.0612 e. The molecule has 50 valence electrons. The number of nitrogens with zero attached hydrogens (tertiary/aromatic N) is 1. The van der Waals surface area contributed by atoms with Crippen molar-refractivity contribution in [2.75, 3.05) is 6.54 Å². The Bertz CT molecular complexity index is 205. The number of fused-ring (bicyclic) bond motifs is 1. The van der Waals surface area contributed by atoms with Crippen molar-refractivity contribution in [3.8, 4) is 0 Å². The predicted molar refractivity (Wildman–Crippen MR) is 40.3 cm³/mol. The summed E-state index contributed by atoms with van der Waals surface area (Å²) in [4.78, 5) is 0. The summed E-state index contributed by atoms with van der Waals surface area (Å²) in [6, 6.07) is 9.06. The van der Waals surface area contributed by atoms with E-state index in [0.717, 1.165) is 12.2 Å². The van der Waals surface area contributed by atoms with Gasteiger partial charge in [0.05, 0.1) is 5.69 Å². The van der Waals surface area contributed by atoms with Crippen LogP contribution in [-0.4, -0.2) is 6.54 Å². The van der Waals surface area contributed by atoms with Crippen molar-refractivity contribution in [3.63, 3.8) is 0 Å². The second-order valence-electron chi connectivity index (χ2n) is 2.54. The van der Waals surface area contributed by atoms with Gasteiger partial charge in [-0.2, -0.15) is 0 Å². The van der Waals surface area contributed by atoms with Gasteiger partial charge in [-0.25, -0.2) is 0 Å². The van der Waals surface area contributed by atoms with Crippen LogP contribution >= 0.6 is 0 Å². The molecule has 1 aliphatic heterocycles. The Kier molecular flexibility index (Phi) is 1.35. The summed E-state index contributed by atoms with van der Waals surface area (Å²) in [7, 11) is 0. The van der Waals surface area contributed by atoms with Crippen molar-refractivity contribution in [3.05, 3.63) is 29.8 Å². The zero-order chi connectivity index (χ0) is 6.81. The SMILES string of the molecule is [c]1ccc2c(c1)[N]CCC2. The summed E-state index contributed by atoms with van der Waals surface area (Å²) >= 11 is 0. The number of aryl methyl sites for hydroxylation is 1. The lowest BCUT2D eigenvalue weighted by Crippen LogP contribution is -2.09. The molecule has 1 heteroatoms. The first kappa shape index (κ1) is 5.78. The van der Waals surface area contributed by atoms with E-state index in [1.807, 2.05) is 12.1 Å². The van der Waals surface area contributed by atoms with Gasteiger partial charge in [-0.05, 0) is 30.5 Å². The molecule has 0 N–H and O–H groups in total. The van der Waals surface area contributed by atoms with Crippen molar-refractivity contribution >= 4 is 5.69 Å². The van der Waals surface area contributed by atoms with E-state index in [-0.39, 0.29) is 0 Å². The minimum atomic E-state index is 0.991. The number of hydrogen-bond donors (Lipinski definition) is 0. The van der Waals surface area contributed by atoms with Crippen LogP contribution in [0.25, 0.3) is 0 Å². The highest BCUT2D eigenvalue weighted by molar-refractivity contribution is 5.45. The molecule has 1 aromatic carbocycles. The molecule has 0 spiro atoms. The van der Waals surface area contributed by atoms with Gasteiger partial charge in [-0.15, -0.1) is 0 Å². The van der Waals surface area contributed by atoms with Crippen LogP contribution in [0.2, 0.25) is 0 Å². The van der Waals surface area contributed by atoms with Crippen LogP contribution in [0.15, 0.2) is 18.2 Å². The van der Waals surface area contributed by atoms with Gasteiger partial charge in [-0.3, -0.25) is 5.32 Å². The highest BCUT2D eigenvalue weighted by atomic mass is 14.9. The molecular weight excluding hydrogens is 122 g/mol. The van der Waals surface area contributed by atoms with Gasteiger partial charge in [0.1, 0.15) is 0 Å². The zero-order valence-electron chi connectivity index (χ0n) is 5.80. The van der Waals surface area contributed by atoms with E-state index >= 15 is 0 Å². The molecule has 0 amide bonds. The fraction of sp³-hybridized carbons (Fsp3) is 0.333. The maximum Gasteiger partial charge on any atom is 0.0612 e. The molecule has 1 aliphatic rings. The standard InChI is InChI=1S/C9H9N/c1-2-6-9-8(4-1)5-3-7-10-9/h1,4,6H,3,5,7H2. The van der Waals surface area contributed by atoms with Crippen LogP contribution in [0.1, 0.15) is 12.0 Å². The lowest BCUT2D eigenvalue weighted by atomic mass is 10.0. The largest absolute Gasteiger partial charge is 0.285 e. The van der Waals surface area contributed by atoms with Crippen molar-refractivity contribution < 1.29 is 0 Å². The first-order chi connectivity index (χ1) is 4.97. The van der Waals surface area contributed by atoms with Gasteiger partial charge in [0, 0.05) is 6.54 Å². The summed E-state index contributed by atoms with van der Waals surface area (Å²) in [6.45, 7) is 0.991. The highest BCUT2D eigenvalue weighted by Crippen LogP contribution is 2.20. The minimum Gasteiger partial charge on any atom is -0.285 e. The monoisotopic (exact) mass is 131 g/mol. The van der Waals surface area contributed by atoms with Gasteiger partial charge >= 0.3 is 0 Å². The molecule has 1 heterocycles. The minimum absolute atomic E-state index is 0.991. The summed E-state index contributed by atoms with van der Waals surface area (Å²) in [5, 5.41) is 4.36. The summed E-state index contributed by atoms with van der Waals surface area (Å²) in [5.41, 5.74) is 2.53. The first-order valence-electron chi connectivity index (χ1n) is 3.63. The van der Waals surface area contributed by atoms with E-state index in [9.17, 15) is 0 Å². The highest BCUT2D eigenvalue weighted by Gasteiger charge is 2.06. The zero-order valence-corrected chi connectivity index (χ0v) is 5.80. The van der Waals surface area contributed by atoms with Crippen molar-refractivity contribution in [1.29, 1.82) is 0 Å². The second kappa shape index (κ2) is 2.33. The number of benzene rings is 1. The van der Waals surface area contributed by atoms with Crippen molar-refractivity contribution in [2.24, 2.45) is 0 Å². The van der Waals surface area contributed by atoms with E-state index in [0.29, 0.717) is 0 Å². The number of rotatable bonds is 0. The van der Waals surface area contributed by atoms with Crippen LogP contribution in [-0.2, 0) is 6.42 Å². The average molecular weight is 131 g/mol. The Morgan fingerprint density at radius 3 is 3.40 bits per heavy atom. The average Bonchev–Trinajstić information content (AvgIpc) is 2.05. The molecule has 0 unspecified atom stereocenters. The molecule has 0 saturated heterocycles. The Morgan fingerprint density at radius 1 is 1.50 bits per heavy atom. The fourth-order valence-corrected chi connectivity index (χ4v) is 1.28. The lowest BCUT2D eigenvalue weighted by molar-refractivity contribution is 0.704. The van der Waals surface area contributed by atoms with Gasteiger partial charge in [0.25, 0.3) is 0 Å². The third-order valence-corrected chi connectivity index (χ3v) is 1.82. The van der Waals surface area contributed by atoms with Gasteiger partial charge in [-0.1, -0.05) is 12.1 Å². The Morgan fingerprint density at radius 2 is 2.50 bits per heavy atom. The second-order valence-corrected chi connectivity index (χ2v) is 2.54. The first-order valence-corrected chi connectivity index (χ1v) is 3.63. The maximum absolute atomic E-state index is 4.36. The summed E-state index contributed by atoms with van der Waals surface area (Å²) in [5.74, 6) is 0. The molecule has 1 aromatic rings. The normalized spacial score (nSPS) is 15.6. The maximum atomic E-state index is 4.36. The summed E-state index contributed by atoms with van der Waals surface area (Å²) in [6.07, 6.45) is 2.39. The van der Waals surface area contributed by atoms with E-state index in [4.69, 9.17) is 0 Å². The van der Waals surface area contributed by atoms with Crippen LogP contribution in [0.5, 0.6) is 0 Å². The Labute approximate surface area is 61.1 Å². The van der Waals surface area contributed by atoms with Crippen molar-refractivity contribution in [1.82, 2.24) is 5.32 Å². The molecule has 2 radical (unpaired) electrons. The Balaban J connectivity index is 2.41. The molecular formula is C9H9N. The number of hydrogen-bond acceptors (Lipinski definition) is 0. The quantitative estimate of drug-likeness (QED) is 0.508. The third kappa shape index (κ3) is 0.878. The van der Waals surface area contributed by atoms with Crippen LogP contribution in [0, 0.1) is 6.07 Å².